The van der Waals surface area contributed by atoms with Gasteiger partial charge in [0.05, 0.1) is 11.7 Å². The number of hydrogen-bond acceptors (Lipinski definition) is 2. The molecule has 112 valence electrons. The van der Waals surface area contributed by atoms with Crippen molar-refractivity contribution in [2.75, 3.05) is 0 Å². The van der Waals surface area contributed by atoms with E-state index in [2.05, 4.69) is 4.98 Å². The first-order valence-corrected chi connectivity index (χ1v) is 6.63. The van der Waals surface area contributed by atoms with Crippen molar-refractivity contribution >= 4 is 0 Å². The quantitative estimate of drug-likeness (QED) is 0.922. The molecule has 1 unspecified atom stereocenters. The van der Waals surface area contributed by atoms with Gasteiger partial charge in [0.1, 0.15) is 0 Å². The SMILES string of the molecule is Cc1ccccc1CCC(O)c1cnccc1C(F)(F)F. The Hall–Kier alpha value is -1.88. The third kappa shape index (κ3) is 3.82. The molecule has 1 N–H and O–H groups in total. The molecule has 0 saturated carbocycles. The summed E-state index contributed by atoms with van der Waals surface area (Å²) in [4.78, 5) is 3.69. The molecule has 0 radical (unpaired) electrons. The van der Waals surface area contributed by atoms with E-state index in [-0.39, 0.29) is 12.0 Å². The van der Waals surface area contributed by atoms with Gasteiger partial charge in [-0.05, 0) is 37.0 Å². The first-order valence-electron chi connectivity index (χ1n) is 6.63. The second kappa shape index (κ2) is 6.26. The van der Waals surface area contributed by atoms with Gasteiger partial charge in [-0.25, -0.2) is 0 Å². The Kier molecular flexibility index (Phi) is 4.63. The average molecular weight is 295 g/mol. The minimum Gasteiger partial charge on any atom is -0.388 e. The summed E-state index contributed by atoms with van der Waals surface area (Å²) >= 11 is 0. The highest BCUT2D eigenvalue weighted by Crippen LogP contribution is 2.35. The second-order valence-corrected chi connectivity index (χ2v) is 4.94. The molecule has 2 rings (SSSR count). The summed E-state index contributed by atoms with van der Waals surface area (Å²) in [6, 6.07) is 8.52. The van der Waals surface area contributed by atoms with Crippen LogP contribution in [0.25, 0.3) is 0 Å². The third-order valence-corrected chi connectivity index (χ3v) is 3.46. The zero-order valence-electron chi connectivity index (χ0n) is 11.6. The molecule has 1 aromatic heterocycles. The number of nitrogens with zero attached hydrogens (tertiary/aromatic N) is 1. The van der Waals surface area contributed by atoms with E-state index in [1.54, 1.807) is 0 Å². The van der Waals surface area contributed by atoms with Crippen LogP contribution in [0.4, 0.5) is 13.2 Å². The second-order valence-electron chi connectivity index (χ2n) is 4.94. The molecule has 0 spiro atoms. The zero-order valence-corrected chi connectivity index (χ0v) is 11.6. The molecular formula is C16H16F3NO. The van der Waals surface area contributed by atoms with Crippen LogP contribution >= 0.6 is 0 Å². The Morgan fingerprint density at radius 3 is 2.57 bits per heavy atom. The van der Waals surface area contributed by atoms with Crippen LogP contribution in [-0.4, -0.2) is 10.1 Å². The Morgan fingerprint density at radius 1 is 1.19 bits per heavy atom. The van der Waals surface area contributed by atoms with Crippen LogP contribution in [-0.2, 0) is 12.6 Å². The van der Waals surface area contributed by atoms with Gasteiger partial charge in [0, 0.05) is 18.0 Å². The summed E-state index contributed by atoms with van der Waals surface area (Å²) in [5.41, 5.74) is 1.09. The summed E-state index contributed by atoms with van der Waals surface area (Å²) in [6.07, 6.45) is -2.76. The molecule has 0 aliphatic carbocycles. The van der Waals surface area contributed by atoms with Crippen molar-refractivity contribution in [1.29, 1.82) is 0 Å². The Bertz CT molecular complexity index is 610. The predicted octanol–water partition coefficient (Wildman–Crippen LogP) is 4.08. The van der Waals surface area contributed by atoms with E-state index in [9.17, 15) is 18.3 Å². The lowest BCUT2D eigenvalue weighted by Crippen LogP contribution is -2.13. The topological polar surface area (TPSA) is 33.1 Å². The first kappa shape index (κ1) is 15.5. The van der Waals surface area contributed by atoms with Gasteiger partial charge in [-0.2, -0.15) is 13.2 Å². The highest BCUT2D eigenvalue weighted by Gasteiger charge is 2.34. The van der Waals surface area contributed by atoms with Gasteiger partial charge in [0.15, 0.2) is 0 Å². The maximum Gasteiger partial charge on any atom is 0.416 e. The van der Waals surface area contributed by atoms with E-state index in [1.807, 2.05) is 31.2 Å². The number of rotatable bonds is 4. The van der Waals surface area contributed by atoms with Crippen molar-refractivity contribution in [2.24, 2.45) is 0 Å². The van der Waals surface area contributed by atoms with Gasteiger partial charge >= 0.3 is 6.18 Å². The van der Waals surface area contributed by atoms with Gasteiger partial charge in [-0.3, -0.25) is 4.98 Å². The molecule has 0 bridgehead atoms. The predicted molar refractivity (Wildman–Crippen MR) is 73.7 cm³/mol. The minimum atomic E-state index is -4.48. The molecule has 0 fully saturated rings. The lowest BCUT2D eigenvalue weighted by molar-refractivity contribution is -0.139. The summed E-state index contributed by atoms with van der Waals surface area (Å²) < 4.78 is 38.7. The molecular weight excluding hydrogens is 279 g/mol. The number of pyridine rings is 1. The Morgan fingerprint density at radius 2 is 1.90 bits per heavy atom. The molecule has 0 saturated heterocycles. The third-order valence-electron chi connectivity index (χ3n) is 3.46. The lowest BCUT2D eigenvalue weighted by Gasteiger charge is -2.17. The molecule has 1 aromatic carbocycles. The fourth-order valence-corrected chi connectivity index (χ4v) is 2.27. The standard InChI is InChI=1S/C16H16F3NO/c1-11-4-2-3-5-12(11)6-7-15(21)13-10-20-9-8-14(13)16(17,18)19/h2-5,8-10,15,21H,6-7H2,1H3. The lowest BCUT2D eigenvalue weighted by atomic mass is 9.97. The van der Waals surface area contributed by atoms with Crippen molar-refractivity contribution in [3.05, 3.63) is 65.0 Å². The van der Waals surface area contributed by atoms with Gasteiger partial charge in [-0.1, -0.05) is 24.3 Å². The van der Waals surface area contributed by atoms with Crippen LogP contribution in [0.3, 0.4) is 0 Å². The smallest absolute Gasteiger partial charge is 0.388 e. The molecule has 0 amide bonds. The molecule has 0 aliphatic heterocycles. The van der Waals surface area contributed by atoms with E-state index >= 15 is 0 Å². The number of aromatic nitrogens is 1. The van der Waals surface area contributed by atoms with Gasteiger partial charge in [-0.15, -0.1) is 0 Å². The number of benzene rings is 1. The van der Waals surface area contributed by atoms with Crippen molar-refractivity contribution in [2.45, 2.75) is 32.0 Å². The summed E-state index contributed by atoms with van der Waals surface area (Å²) in [6.45, 7) is 1.94. The summed E-state index contributed by atoms with van der Waals surface area (Å²) in [7, 11) is 0. The number of aliphatic hydroxyl groups excluding tert-OH is 1. The van der Waals surface area contributed by atoms with Crippen LogP contribution in [0.15, 0.2) is 42.7 Å². The Balaban J connectivity index is 2.15. The van der Waals surface area contributed by atoms with Gasteiger partial charge in [0.25, 0.3) is 0 Å². The van der Waals surface area contributed by atoms with Crippen LogP contribution in [0.1, 0.15) is 34.8 Å². The van der Waals surface area contributed by atoms with Gasteiger partial charge in [0.2, 0.25) is 0 Å². The highest BCUT2D eigenvalue weighted by molar-refractivity contribution is 5.29. The maximum absolute atomic E-state index is 12.9. The molecule has 2 aromatic rings. The van der Waals surface area contributed by atoms with Crippen molar-refractivity contribution in [3.8, 4) is 0 Å². The van der Waals surface area contributed by atoms with Crippen LogP contribution in [0, 0.1) is 6.92 Å². The fourth-order valence-electron chi connectivity index (χ4n) is 2.27. The van der Waals surface area contributed by atoms with Crippen molar-refractivity contribution < 1.29 is 18.3 Å². The molecule has 21 heavy (non-hydrogen) atoms. The van der Waals surface area contributed by atoms with Crippen molar-refractivity contribution in [3.63, 3.8) is 0 Å². The first-order chi connectivity index (χ1) is 9.89. The van der Waals surface area contributed by atoms with Crippen LogP contribution < -0.4 is 0 Å². The fraction of sp³-hybridized carbons (Fsp3) is 0.312. The van der Waals surface area contributed by atoms with Crippen LogP contribution in [0.2, 0.25) is 0 Å². The molecule has 1 atom stereocenters. The van der Waals surface area contributed by atoms with E-state index in [1.165, 1.54) is 0 Å². The number of aliphatic hydroxyl groups is 1. The number of hydrogen-bond donors (Lipinski definition) is 1. The van der Waals surface area contributed by atoms with Gasteiger partial charge < -0.3 is 5.11 Å². The zero-order chi connectivity index (χ0) is 15.5. The molecule has 2 nitrogen and oxygen atoms in total. The van der Waals surface area contributed by atoms with E-state index < -0.39 is 17.8 Å². The van der Waals surface area contributed by atoms with Crippen LogP contribution in [0.5, 0.6) is 0 Å². The molecule has 5 heteroatoms. The summed E-state index contributed by atoms with van der Waals surface area (Å²) in [5, 5.41) is 10.1. The molecule has 1 heterocycles. The number of aryl methyl sites for hydroxylation is 2. The minimum absolute atomic E-state index is 0.168. The van der Waals surface area contributed by atoms with Crippen molar-refractivity contribution in [1.82, 2.24) is 4.98 Å². The largest absolute Gasteiger partial charge is 0.416 e. The summed E-state index contributed by atoms with van der Waals surface area (Å²) in [5.74, 6) is 0. The molecule has 0 aliphatic rings. The van der Waals surface area contributed by atoms with E-state index in [0.29, 0.717) is 6.42 Å². The maximum atomic E-state index is 12.9. The average Bonchev–Trinajstić information content (AvgIpc) is 2.45. The normalized spacial score (nSPS) is 13.2. The van der Waals surface area contributed by atoms with E-state index in [0.717, 1.165) is 29.6 Å². The highest BCUT2D eigenvalue weighted by atomic mass is 19.4. The monoisotopic (exact) mass is 295 g/mol. The number of alkyl halides is 3. The number of halogens is 3. The Labute approximate surface area is 121 Å². The van der Waals surface area contributed by atoms with E-state index in [4.69, 9.17) is 0 Å².